The van der Waals surface area contributed by atoms with Gasteiger partial charge in [0, 0.05) is 13.0 Å². The molecule has 1 heterocycles. The van der Waals surface area contributed by atoms with Crippen LogP contribution in [0.4, 0.5) is 0 Å². The van der Waals surface area contributed by atoms with Gasteiger partial charge < -0.3 is 24.2 Å². The van der Waals surface area contributed by atoms with Crippen molar-refractivity contribution in [2.45, 2.75) is 57.8 Å². The maximum atomic E-state index is 13.5. The number of carboxylic acid groups (broad SMARTS) is 1. The van der Waals surface area contributed by atoms with Gasteiger partial charge in [-0.15, -0.1) is 0 Å². The van der Waals surface area contributed by atoms with Gasteiger partial charge in [-0.2, -0.15) is 0 Å². The Morgan fingerprint density at radius 1 is 1.08 bits per heavy atom. The van der Waals surface area contributed by atoms with Gasteiger partial charge in [-0.1, -0.05) is 30.3 Å². The quantitative estimate of drug-likeness (QED) is 0.455. The van der Waals surface area contributed by atoms with Crippen LogP contribution in [-0.2, 0) is 38.5 Å². The van der Waals surface area contributed by atoms with Crippen molar-refractivity contribution in [2.24, 2.45) is 0 Å². The lowest BCUT2D eigenvalue weighted by atomic mass is 9.92. The highest BCUT2D eigenvalue weighted by atomic mass is 16.5. The van der Waals surface area contributed by atoms with Crippen LogP contribution in [0.2, 0.25) is 0 Å². The number of nitrogens with zero attached hydrogens (tertiary/aromatic N) is 1. The van der Waals surface area contributed by atoms with Crippen LogP contribution in [-0.4, -0.2) is 66.8 Å². The maximum absolute atomic E-state index is 13.5. The lowest BCUT2D eigenvalue weighted by molar-refractivity contribution is -0.153. The number of esters is 1. The average Bonchev–Trinajstić information content (AvgIpc) is 2.89. The second-order valence-electron chi connectivity index (χ2n) is 8.72. The van der Waals surface area contributed by atoms with E-state index in [-0.39, 0.29) is 19.6 Å². The number of rotatable bonds is 11. The van der Waals surface area contributed by atoms with Crippen molar-refractivity contribution in [1.82, 2.24) is 10.2 Å². The number of aryl methyl sites for hydroxylation is 1. The van der Waals surface area contributed by atoms with Gasteiger partial charge in [0.05, 0.1) is 26.9 Å². The van der Waals surface area contributed by atoms with Crippen LogP contribution >= 0.6 is 0 Å². The van der Waals surface area contributed by atoms with Crippen LogP contribution in [0.5, 0.6) is 11.5 Å². The number of fused-ring (bicyclic) bond motifs is 1. The molecule has 1 aliphatic heterocycles. The minimum Gasteiger partial charge on any atom is -0.493 e. The number of hydrogen-bond acceptors (Lipinski definition) is 7. The molecule has 0 aliphatic carbocycles. The Kier molecular flexibility index (Phi) is 9.30. The number of carbonyl (C=O) groups is 3. The molecule has 194 valence electrons. The lowest BCUT2D eigenvalue weighted by Gasteiger charge is -2.37. The number of amides is 1. The van der Waals surface area contributed by atoms with E-state index in [2.05, 4.69) is 5.32 Å². The molecule has 3 atom stereocenters. The van der Waals surface area contributed by atoms with E-state index in [4.69, 9.17) is 14.2 Å². The summed E-state index contributed by atoms with van der Waals surface area (Å²) in [5, 5.41) is 13.0. The van der Waals surface area contributed by atoms with E-state index in [1.807, 2.05) is 30.3 Å². The van der Waals surface area contributed by atoms with Crippen molar-refractivity contribution >= 4 is 17.8 Å². The van der Waals surface area contributed by atoms with E-state index in [1.165, 1.54) is 19.1 Å². The van der Waals surface area contributed by atoms with E-state index >= 15 is 0 Å². The second-order valence-corrected chi connectivity index (χ2v) is 8.72. The van der Waals surface area contributed by atoms with Crippen molar-refractivity contribution in [3.63, 3.8) is 0 Å². The van der Waals surface area contributed by atoms with Crippen LogP contribution in [0.25, 0.3) is 0 Å². The molecule has 0 bridgehead atoms. The van der Waals surface area contributed by atoms with Gasteiger partial charge in [0.2, 0.25) is 5.91 Å². The fourth-order valence-corrected chi connectivity index (χ4v) is 4.45. The highest BCUT2D eigenvalue weighted by Gasteiger charge is 2.38. The zero-order chi connectivity index (χ0) is 26.2. The monoisotopic (exact) mass is 498 g/mol. The molecule has 3 rings (SSSR count). The molecule has 36 heavy (non-hydrogen) atoms. The fraction of sp³-hybridized carbons (Fsp3) is 0.444. The van der Waals surface area contributed by atoms with E-state index in [0.29, 0.717) is 24.3 Å². The van der Waals surface area contributed by atoms with Crippen LogP contribution in [0.1, 0.15) is 37.0 Å². The third-order valence-electron chi connectivity index (χ3n) is 6.36. The molecule has 0 saturated heterocycles. The predicted octanol–water partition coefficient (Wildman–Crippen LogP) is 2.58. The summed E-state index contributed by atoms with van der Waals surface area (Å²) in [5.41, 5.74) is 2.64. The van der Waals surface area contributed by atoms with E-state index < -0.39 is 36.0 Å². The number of aliphatic carboxylic acids is 1. The van der Waals surface area contributed by atoms with Gasteiger partial charge in [-0.25, -0.2) is 4.79 Å². The van der Waals surface area contributed by atoms with Gasteiger partial charge >= 0.3 is 11.9 Å². The Hall–Kier alpha value is -3.59. The first-order valence-corrected chi connectivity index (χ1v) is 12.0. The zero-order valence-electron chi connectivity index (χ0n) is 21.2. The van der Waals surface area contributed by atoms with Crippen molar-refractivity contribution in [3.05, 3.63) is 59.2 Å². The van der Waals surface area contributed by atoms with Gasteiger partial charge in [0.1, 0.15) is 12.1 Å². The molecule has 9 nitrogen and oxygen atoms in total. The van der Waals surface area contributed by atoms with Gasteiger partial charge in [0.25, 0.3) is 0 Å². The summed E-state index contributed by atoms with van der Waals surface area (Å²) in [6.45, 7) is 3.69. The molecule has 1 amide bonds. The van der Waals surface area contributed by atoms with E-state index in [1.54, 1.807) is 26.0 Å². The van der Waals surface area contributed by atoms with E-state index in [9.17, 15) is 19.5 Å². The minimum absolute atomic E-state index is 0.103. The molecular formula is C27H34N2O7. The Morgan fingerprint density at radius 3 is 2.31 bits per heavy atom. The van der Waals surface area contributed by atoms with E-state index in [0.717, 1.165) is 16.7 Å². The predicted molar refractivity (Wildman–Crippen MR) is 133 cm³/mol. The normalized spacial score (nSPS) is 16.4. The number of nitrogens with one attached hydrogen (secondary N) is 1. The number of carboxylic acids is 1. The Labute approximate surface area is 211 Å². The summed E-state index contributed by atoms with van der Waals surface area (Å²) in [6.07, 6.45) is 1.19. The minimum atomic E-state index is -1.10. The average molecular weight is 499 g/mol. The summed E-state index contributed by atoms with van der Waals surface area (Å²) in [7, 11) is 3.04. The number of methoxy groups -OCH3 is 2. The summed E-state index contributed by atoms with van der Waals surface area (Å²) < 4.78 is 15.9. The van der Waals surface area contributed by atoms with Crippen LogP contribution < -0.4 is 14.8 Å². The number of carbonyl (C=O) groups excluding carboxylic acids is 2. The highest BCUT2D eigenvalue weighted by molar-refractivity contribution is 5.88. The highest BCUT2D eigenvalue weighted by Crippen LogP contribution is 2.35. The smallest absolute Gasteiger partial charge is 0.326 e. The van der Waals surface area contributed by atoms with Gasteiger partial charge in [-0.05, 0) is 55.5 Å². The first-order valence-electron chi connectivity index (χ1n) is 12.0. The van der Waals surface area contributed by atoms with Crippen molar-refractivity contribution in [3.8, 4) is 11.5 Å². The van der Waals surface area contributed by atoms with Crippen molar-refractivity contribution in [2.75, 3.05) is 20.8 Å². The Bertz CT molecular complexity index is 1070. The topological polar surface area (TPSA) is 114 Å². The maximum Gasteiger partial charge on any atom is 0.326 e. The third kappa shape index (κ3) is 6.34. The molecular weight excluding hydrogens is 464 g/mol. The second kappa shape index (κ2) is 12.4. The summed E-state index contributed by atoms with van der Waals surface area (Å²) >= 11 is 0. The summed E-state index contributed by atoms with van der Waals surface area (Å²) in [5.74, 6) is -0.930. The van der Waals surface area contributed by atoms with Crippen LogP contribution in [0, 0.1) is 0 Å². The van der Waals surface area contributed by atoms with Gasteiger partial charge in [0.15, 0.2) is 11.5 Å². The molecule has 2 N–H and O–H groups in total. The Morgan fingerprint density at radius 2 is 1.72 bits per heavy atom. The van der Waals surface area contributed by atoms with Crippen LogP contribution in [0.3, 0.4) is 0 Å². The number of ether oxygens (including phenoxy) is 3. The first kappa shape index (κ1) is 27.0. The largest absolute Gasteiger partial charge is 0.493 e. The van der Waals surface area contributed by atoms with Crippen LogP contribution in [0.15, 0.2) is 42.5 Å². The molecule has 2 aromatic rings. The number of benzene rings is 2. The standard InChI is InChI=1S/C27H34N2O7/c1-5-36-27(33)21(12-11-18-9-7-6-8-10-18)28-17(2)25(30)29-16-20-15-24(35-4)23(34-3)14-19(20)13-22(29)26(31)32/h6-10,14-15,17,21-22,28H,5,11-13,16H2,1-4H3,(H,31,32)/t17-,21?,22+/m1/s1. The van der Waals surface area contributed by atoms with Crippen molar-refractivity contribution < 1.29 is 33.7 Å². The van der Waals surface area contributed by atoms with Crippen molar-refractivity contribution in [1.29, 1.82) is 0 Å². The molecule has 0 saturated carbocycles. The molecule has 0 fully saturated rings. The third-order valence-corrected chi connectivity index (χ3v) is 6.36. The summed E-state index contributed by atoms with van der Waals surface area (Å²) in [6, 6.07) is 10.7. The SMILES string of the molecule is CCOC(=O)C(CCc1ccccc1)N[C@H](C)C(=O)N1Cc2cc(OC)c(OC)cc2C[C@H]1C(=O)O. The molecule has 2 aromatic carbocycles. The summed E-state index contributed by atoms with van der Waals surface area (Å²) in [4.78, 5) is 39.6. The number of hydrogen-bond donors (Lipinski definition) is 2. The molecule has 0 radical (unpaired) electrons. The lowest BCUT2D eigenvalue weighted by Crippen LogP contribution is -2.56. The first-order chi connectivity index (χ1) is 17.3. The molecule has 9 heteroatoms. The molecule has 0 spiro atoms. The molecule has 0 aromatic heterocycles. The molecule has 1 aliphatic rings. The zero-order valence-corrected chi connectivity index (χ0v) is 21.2. The fourth-order valence-electron chi connectivity index (χ4n) is 4.45. The Balaban J connectivity index is 1.79. The molecule has 1 unspecified atom stereocenters. The van der Waals surface area contributed by atoms with Gasteiger partial charge in [-0.3, -0.25) is 14.9 Å².